The summed E-state index contributed by atoms with van der Waals surface area (Å²) in [5.74, 6) is -0.0368. The number of hydrogen-bond donors (Lipinski definition) is 1. The van der Waals surface area contributed by atoms with Gasteiger partial charge in [-0.1, -0.05) is 19.1 Å². The van der Waals surface area contributed by atoms with Crippen molar-refractivity contribution < 1.29 is 14.6 Å². The molecule has 0 aliphatic rings. The van der Waals surface area contributed by atoms with E-state index in [0.717, 1.165) is 16.9 Å². The van der Waals surface area contributed by atoms with Crippen LogP contribution < -0.4 is 4.74 Å². The first-order valence-corrected chi connectivity index (χ1v) is 5.49. The highest BCUT2D eigenvalue weighted by atomic mass is 16.5. The van der Waals surface area contributed by atoms with Gasteiger partial charge in [0.1, 0.15) is 11.9 Å². The molecular formula is C13H18O3. The first-order chi connectivity index (χ1) is 7.54. The molecule has 0 bridgehead atoms. The largest absolute Gasteiger partial charge is 0.490 e. The zero-order valence-corrected chi connectivity index (χ0v) is 9.99. The fraction of sp³-hybridized carbons (Fsp3) is 0.462. The van der Waals surface area contributed by atoms with Crippen molar-refractivity contribution in [3.8, 4) is 5.75 Å². The molecule has 0 fully saturated rings. The summed E-state index contributed by atoms with van der Waals surface area (Å²) < 4.78 is 5.71. The third-order valence-electron chi connectivity index (χ3n) is 2.71. The molecule has 0 amide bonds. The topological polar surface area (TPSA) is 46.5 Å². The van der Waals surface area contributed by atoms with E-state index < -0.39 is 5.97 Å². The van der Waals surface area contributed by atoms with Gasteiger partial charge in [-0.15, -0.1) is 0 Å². The van der Waals surface area contributed by atoms with Gasteiger partial charge in [0.25, 0.3) is 0 Å². The summed E-state index contributed by atoms with van der Waals surface area (Å²) >= 11 is 0. The maximum Gasteiger partial charge on any atom is 0.307 e. The highest BCUT2D eigenvalue weighted by molar-refractivity contribution is 5.67. The average molecular weight is 222 g/mol. The molecule has 1 atom stereocenters. The van der Waals surface area contributed by atoms with E-state index in [4.69, 9.17) is 9.84 Å². The molecule has 1 N–H and O–H groups in total. The molecule has 1 rings (SSSR count). The monoisotopic (exact) mass is 222 g/mol. The predicted molar refractivity (Wildman–Crippen MR) is 62.9 cm³/mol. The SMILES string of the molecule is CCC(CC(=O)O)Oc1cccc(C)c1C. The molecular weight excluding hydrogens is 204 g/mol. The van der Waals surface area contributed by atoms with Crippen LogP contribution in [-0.4, -0.2) is 17.2 Å². The van der Waals surface area contributed by atoms with Gasteiger partial charge in [0.15, 0.2) is 0 Å². The van der Waals surface area contributed by atoms with Crippen LogP contribution in [-0.2, 0) is 4.79 Å². The first-order valence-electron chi connectivity index (χ1n) is 5.49. The zero-order chi connectivity index (χ0) is 12.1. The van der Waals surface area contributed by atoms with Crippen LogP contribution in [0.1, 0.15) is 30.9 Å². The van der Waals surface area contributed by atoms with Crippen molar-refractivity contribution >= 4 is 5.97 Å². The highest BCUT2D eigenvalue weighted by Crippen LogP contribution is 2.23. The van der Waals surface area contributed by atoms with Crippen LogP contribution in [0.2, 0.25) is 0 Å². The molecule has 0 radical (unpaired) electrons. The molecule has 16 heavy (non-hydrogen) atoms. The molecule has 0 spiro atoms. The number of hydrogen-bond acceptors (Lipinski definition) is 2. The van der Waals surface area contributed by atoms with Crippen molar-refractivity contribution in [2.75, 3.05) is 0 Å². The van der Waals surface area contributed by atoms with Crippen LogP contribution in [0, 0.1) is 13.8 Å². The van der Waals surface area contributed by atoms with Crippen molar-refractivity contribution in [3.63, 3.8) is 0 Å². The lowest BCUT2D eigenvalue weighted by Gasteiger charge is -2.18. The van der Waals surface area contributed by atoms with Crippen LogP contribution >= 0.6 is 0 Å². The van der Waals surface area contributed by atoms with E-state index >= 15 is 0 Å². The third-order valence-corrected chi connectivity index (χ3v) is 2.71. The van der Waals surface area contributed by atoms with Crippen molar-refractivity contribution in [2.45, 2.75) is 39.7 Å². The van der Waals surface area contributed by atoms with E-state index in [2.05, 4.69) is 0 Å². The van der Waals surface area contributed by atoms with Crippen LogP contribution in [0.3, 0.4) is 0 Å². The normalized spacial score (nSPS) is 12.2. The Balaban J connectivity index is 2.77. The van der Waals surface area contributed by atoms with Gasteiger partial charge in [-0.05, 0) is 37.5 Å². The van der Waals surface area contributed by atoms with E-state index in [1.807, 2.05) is 39.0 Å². The Morgan fingerprint density at radius 1 is 1.44 bits per heavy atom. The zero-order valence-electron chi connectivity index (χ0n) is 9.99. The molecule has 1 aromatic rings. The molecule has 0 saturated heterocycles. The number of rotatable bonds is 5. The Bertz CT molecular complexity index is 371. The van der Waals surface area contributed by atoms with E-state index in [0.29, 0.717) is 6.42 Å². The smallest absolute Gasteiger partial charge is 0.307 e. The Morgan fingerprint density at radius 2 is 2.12 bits per heavy atom. The Morgan fingerprint density at radius 3 is 2.69 bits per heavy atom. The highest BCUT2D eigenvalue weighted by Gasteiger charge is 2.14. The van der Waals surface area contributed by atoms with E-state index in [9.17, 15) is 4.79 Å². The summed E-state index contributed by atoms with van der Waals surface area (Å²) in [6.45, 7) is 5.93. The standard InChI is InChI=1S/C13H18O3/c1-4-11(8-13(14)15)16-12-7-5-6-9(2)10(12)3/h5-7,11H,4,8H2,1-3H3,(H,14,15). The van der Waals surface area contributed by atoms with Crippen molar-refractivity contribution in [1.82, 2.24) is 0 Å². The minimum absolute atomic E-state index is 0.0455. The van der Waals surface area contributed by atoms with E-state index in [1.54, 1.807) is 0 Å². The molecule has 0 aliphatic heterocycles. The quantitative estimate of drug-likeness (QED) is 0.833. The van der Waals surface area contributed by atoms with Gasteiger partial charge in [-0.2, -0.15) is 0 Å². The molecule has 3 heteroatoms. The van der Waals surface area contributed by atoms with Gasteiger partial charge in [0.05, 0.1) is 6.42 Å². The molecule has 0 saturated carbocycles. The van der Waals surface area contributed by atoms with Gasteiger partial charge in [-0.25, -0.2) is 0 Å². The molecule has 0 heterocycles. The predicted octanol–water partition coefficient (Wildman–Crippen LogP) is 2.94. The minimum Gasteiger partial charge on any atom is -0.490 e. The van der Waals surface area contributed by atoms with Crippen LogP contribution in [0.25, 0.3) is 0 Å². The minimum atomic E-state index is -0.822. The molecule has 88 valence electrons. The number of carboxylic acids is 1. The van der Waals surface area contributed by atoms with Crippen LogP contribution in [0.15, 0.2) is 18.2 Å². The molecule has 0 aromatic heterocycles. The first kappa shape index (κ1) is 12.6. The summed E-state index contributed by atoms with van der Waals surface area (Å²) in [6, 6.07) is 5.82. The summed E-state index contributed by atoms with van der Waals surface area (Å²) in [6.07, 6.45) is 0.488. The lowest BCUT2D eigenvalue weighted by Crippen LogP contribution is -2.20. The number of aryl methyl sites for hydroxylation is 1. The van der Waals surface area contributed by atoms with Crippen molar-refractivity contribution in [1.29, 1.82) is 0 Å². The fourth-order valence-electron chi connectivity index (χ4n) is 1.50. The second-order valence-corrected chi connectivity index (χ2v) is 3.94. The van der Waals surface area contributed by atoms with Crippen molar-refractivity contribution in [3.05, 3.63) is 29.3 Å². The van der Waals surface area contributed by atoms with E-state index in [1.165, 1.54) is 0 Å². The van der Waals surface area contributed by atoms with Crippen molar-refractivity contribution in [2.24, 2.45) is 0 Å². The number of aliphatic carboxylic acids is 1. The number of benzene rings is 1. The third kappa shape index (κ3) is 3.26. The lowest BCUT2D eigenvalue weighted by molar-refractivity contribution is -0.138. The molecule has 3 nitrogen and oxygen atoms in total. The molecule has 1 unspecified atom stereocenters. The second-order valence-electron chi connectivity index (χ2n) is 3.94. The van der Waals surface area contributed by atoms with Gasteiger partial charge in [0, 0.05) is 0 Å². The average Bonchev–Trinajstić information content (AvgIpc) is 2.23. The Labute approximate surface area is 96.1 Å². The lowest BCUT2D eigenvalue weighted by atomic mass is 10.1. The summed E-state index contributed by atoms with van der Waals surface area (Å²) in [4.78, 5) is 10.6. The van der Waals surface area contributed by atoms with Gasteiger partial charge < -0.3 is 9.84 Å². The Hall–Kier alpha value is -1.51. The number of ether oxygens (including phenoxy) is 1. The molecule has 1 aromatic carbocycles. The second kappa shape index (κ2) is 5.54. The van der Waals surface area contributed by atoms with E-state index in [-0.39, 0.29) is 12.5 Å². The van der Waals surface area contributed by atoms with Gasteiger partial charge >= 0.3 is 5.97 Å². The maximum atomic E-state index is 10.6. The van der Waals surface area contributed by atoms with Gasteiger partial charge in [-0.3, -0.25) is 4.79 Å². The molecule has 0 aliphatic carbocycles. The summed E-state index contributed by atoms with van der Waals surface area (Å²) in [5, 5.41) is 8.74. The van der Waals surface area contributed by atoms with Crippen LogP contribution in [0.5, 0.6) is 5.75 Å². The van der Waals surface area contributed by atoms with Gasteiger partial charge in [0.2, 0.25) is 0 Å². The van der Waals surface area contributed by atoms with Crippen LogP contribution in [0.4, 0.5) is 0 Å². The summed E-state index contributed by atoms with van der Waals surface area (Å²) in [7, 11) is 0. The fourth-order valence-corrected chi connectivity index (χ4v) is 1.50. The number of carbonyl (C=O) groups is 1. The number of carboxylic acid groups (broad SMARTS) is 1. The maximum absolute atomic E-state index is 10.6. The Kier molecular flexibility index (Phi) is 4.35. The summed E-state index contributed by atoms with van der Waals surface area (Å²) in [5.41, 5.74) is 2.23.